The molecule has 0 nitrogen and oxygen atoms in total. The van der Waals surface area contributed by atoms with E-state index in [4.69, 9.17) is 11.6 Å². The zero-order chi connectivity index (χ0) is 16.8. The molecule has 0 unspecified atom stereocenters. The molecular formula is C22H24ClF. The van der Waals surface area contributed by atoms with Crippen LogP contribution >= 0.6 is 11.6 Å². The van der Waals surface area contributed by atoms with Gasteiger partial charge < -0.3 is 0 Å². The summed E-state index contributed by atoms with van der Waals surface area (Å²) in [6, 6.07) is 17.0. The molecule has 0 atom stereocenters. The van der Waals surface area contributed by atoms with Crippen molar-refractivity contribution < 1.29 is 4.39 Å². The normalized spacial score (nSPS) is 21.2. The van der Waals surface area contributed by atoms with Crippen molar-refractivity contribution in [2.75, 3.05) is 6.67 Å². The van der Waals surface area contributed by atoms with Crippen LogP contribution in [0.15, 0.2) is 60.7 Å². The summed E-state index contributed by atoms with van der Waals surface area (Å²) in [5.41, 5.74) is 3.89. The number of rotatable bonds is 5. The molecule has 3 rings (SSSR count). The first-order valence-electron chi connectivity index (χ1n) is 8.83. The molecule has 0 N–H and O–H groups in total. The summed E-state index contributed by atoms with van der Waals surface area (Å²) in [5, 5.41) is 0.772. The Morgan fingerprint density at radius 2 is 1.42 bits per heavy atom. The van der Waals surface area contributed by atoms with Gasteiger partial charge in [-0.3, -0.25) is 0 Å². The van der Waals surface area contributed by atoms with Crippen molar-refractivity contribution in [1.82, 2.24) is 0 Å². The third kappa shape index (κ3) is 4.48. The summed E-state index contributed by atoms with van der Waals surface area (Å²) < 4.78 is 12.1. The Hall–Kier alpha value is -1.60. The third-order valence-electron chi connectivity index (χ3n) is 5.13. The van der Waals surface area contributed by atoms with E-state index in [0.717, 1.165) is 17.4 Å². The first kappa shape index (κ1) is 17.2. The van der Waals surface area contributed by atoms with Crippen LogP contribution in [0.25, 0.3) is 11.1 Å². The van der Waals surface area contributed by atoms with Gasteiger partial charge in [0, 0.05) is 5.02 Å². The second-order valence-corrected chi connectivity index (χ2v) is 7.14. The van der Waals surface area contributed by atoms with Crippen LogP contribution in [-0.4, -0.2) is 6.67 Å². The number of benzene rings is 2. The fourth-order valence-electron chi connectivity index (χ4n) is 3.67. The predicted octanol–water partition coefficient (Wildman–Crippen LogP) is 7.20. The first-order chi connectivity index (χ1) is 11.8. The van der Waals surface area contributed by atoms with Crippen LogP contribution < -0.4 is 0 Å². The monoisotopic (exact) mass is 342 g/mol. The van der Waals surface area contributed by atoms with Gasteiger partial charge in [-0.2, -0.15) is 0 Å². The molecule has 24 heavy (non-hydrogen) atoms. The zero-order valence-electron chi connectivity index (χ0n) is 13.9. The molecule has 2 heteroatoms. The van der Waals surface area contributed by atoms with E-state index in [9.17, 15) is 4.39 Å². The van der Waals surface area contributed by atoms with Crippen LogP contribution in [0.3, 0.4) is 0 Å². The van der Waals surface area contributed by atoms with Crippen molar-refractivity contribution in [1.29, 1.82) is 0 Å². The molecule has 1 aliphatic carbocycles. The molecule has 0 amide bonds. The smallest absolute Gasteiger partial charge is 0.108 e. The van der Waals surface area contributed by atoms with E-state index in [1.165, 1.54) is 42.4 Å². The van der Waals surface area contributed by atoms with E-state index >= 15 is 0 Å². The standard InChI is InChI=1S/C22H24ClF/c23-22-14-12-21(13-15-22)20-10-8-19(9-11-20)18-6-4-17(5-7-18)3-1-2-16-24/h1-2,8-15,17-18H,3-7,16H2. The highest BCUT2D eigenvalue weighted by Crippen LogP contribution is 2.37. The average molecular weight is 343 g/mol. The summed E-state index contributed by atoms with van der Waals surface area (Å²) >= 11 is 5.95. The van der Waals surface area contributed by atoms with Crippen LogP contribution in [0.2, 0.25) is 5.02 Å². The van der Waals surface area contributed by atoms with E-state index in [-0.39, 0.29) is 6.67 Å². The van der Waals surface area contributed by atoms with E-state index < -0.39 is 0 Å². The molecule has 0 aromatic heterocycles. The minimum absolute atomic E-state index is 0.338. The average Bonchev–Trinajstić information content (AvgIpc) is 2.63. The van der Waals surface area contributed by atoms with Gasteiger partial charge in [0.05, 0.1) is 0 Å². The van der Waals surface area contributed by atoms with Crippen molar-refractivity contribution in [3.05, 3.63) is 71.3 Å². The third-order valence-corrected chi connectivity index (χ3v) is 5.38. The number of halogens is 2. The van der Waals surface area contributed by atoms with Crippen LogP contribution in [0.1, 0.15) is 43.6 Å². The van der Waals surface area contributed by atoms with Crippen molar-refractivity contribution in [3.63, 3.8) is 0 Å². The van der Waals surface area contributed by atoms with Gasteiger partial charge in [-0.25, -0.2) is 4.39 Å². The molecule has 1 aliphatic rings. The quantitative estimate of drug-likeness (QED) is 0.504. The van der Waals surface area contributed by atoms with Crippen LogP contribution in [-0.2, 0) is 0 Å². The summed E-state index contributed by atoms with van der Waals surface area (Å²) in [6.45, 7) is -0.338. The molecule has 0 heterocycles. The Balaban J connectivity index is 1.58. The van der Waals surface area contributed by atoms with E-state index in [2.05, 4.69) is 36.4 Å². The topological polar surface area (TPSA) is 0 Å². The molecular weight excluding hydrogens is 319 g/mol. The second kappa shape index (κ2) is 8.48. The molecule has 1 fully saturated rings. The van der Waals surface area contributed by atoms with Crippen molar-refractivity contribution in [2.45, 2.75) is 38.0 Å². The van der Waals surface area contributed by atoms with Gasteiger partial charge >= 0.3 is 0 Å². The fraction of sp³-hybridized carbons (Fsp3) is 0.364. The van der Waals surface area contributed by atoms with Gasteiger partial charge in [0.15, 0.2) is 0 Å². The number of alkyl halides is 1. The Morgan fingerprint density at radius 1 is 0.833 bits per heavy atom. The zero-order valence-corrected chi connectivity index (χ0v) is 14.7. The summed E-state index contributed by atoms with van der Waals surface area (Å²) in [7, 11) is 0. The first-order valence-corrected chi connectivity index (χ1v) is 9.21. The number of hydrogen-bond donors (Lipinski definition) is 0. The molecule has 126 valence electrons. The Morgan fingerprint density at radius 3 is 2.00 bits per heavy atom. The number of allylic oxidation sites excluding steroid dienone is 2. The summed E-state index contributed by atoms with van der Waals surface area (Å²) in [4.78, 5) is 0. The lowest BCUT2D eigenvalue weighted by Crippen LogP contribution is -2.12. The van der Waals surface area contributed by atoms with Crippen LogP contribution in [0.4, 0.5) is 4.39 Å². The highest BCUT2D eigenvalue weighted by Gasteiger charge is 2.21. The Kier molecular flexibility index (Phi) is 6.09. The lowest BCUT2D eigenvalue weighted by atomic mass is 9.77. The maximum atomic E-state index is 12.1. The Bertz CT molecular complexity index is 649. The molecule has 0 aliphatic heterocycles. The molecule has 0 bridgehead atoms. The second-order valence-electron chi connectivity index (χ2n) is 6.71. The van der Waals surface area contributed by atoms with Crippen LogP contribution in [0, 0.1) is 5.92 Å². The SMILES string of the molecule is FCC=CCC1CCC(c2ccc(-c3ccc(Cl)cc3)cc2)CC1. The lowest BCUT2D eigenvalue weighted by Gasteiger charge is -2.28. The van der Waals surface area contributed by atoms with E-state index in [1.807, 2.05) is 18.2 Å². The van der Waals surface area contributed by atoms with Crippen molar-refractivity contribution in [3.8, 4) is 11.1 Å². The fourth-order valence-corrected chi connectivity index (χ4v) is 3.80. The Labute approximate surface area is 149 Å². The van der Waals surface area contributed by atoms with Gasteiger partial charge in [-0.15, -0.1) is 0 Å². The molecule has 1 saturated carbocycles. The lowest BCUT2D eigenvalue weighted by molar-refractivity contribution is 0.328. The largest absolute Gasteiger partial charge is 0.247 e. The maximum absolute atomic E-state index is 12.1. The minimum atomic E-state index is -0.338. The van der Waals surface area contributed by atoms with E-state index in [0.29, 0.717) is 5.92 Å². The van der Waals surface area contributed by atoms with Crippen LogP contribution in [0.5, 0.6) is 0 Å². The maximum Gasteiger partial charge on any atom is 0.108 e. The van der Waals surface area contributed by atoms with Gasteiger partial charge in [-0.1, -0.05) is 60.2 Å². The highest BCUT2D eigenvalue weighted by atomic mass is 35.5. The minimum Gasteiger partial charge on any atom is -0.247 e. The predicted molar refractivity (Wildman–Crippen MR) is 101 cm³/mol. The van der Waals surface area contributed by atoms with Gasteiger partial charge in [0.1, 0.15) is 6.67 Å². The molecule has 2 aromatic carbocycles. The highest BCUT2D eigenvalue weighted by molar-refractivity contribution is 6.30. The molecule has 2 aromatic rings. The summed E-state index contributed by atoms with van der Waals surface area (Å²) in [6.07, 6.45) is 9.67. The summed E-state index contributed by atoms with van der Waals surface area (Å²) in [5.74, 6) is 1.41. The molecule has 0 spiro atoms. The molecule has 0 saturated heterocycles. The van der Waals surface area contributed by atoms with Crippen molar-refractivity contribution in [2.24, 2.45) is 5.92 Å². The number of hydrogen-bond acceptors (Lipinski definition) is 0. The van der Waals surface area contributed by atoms with Gasteiger partial charge in [0.2, 0.25) is 0 Å². The van der Waals surface area contributed by atoms with Gasteiger partial charge in [-0.05, 0) is 72.8 Å². The van der Waals surface area contributed by atoms with E-state index in [1.54, 1.807) is 6.08 Å². The van der Waals surface area contributed by atoms with Crippen molar-refractivity contribution >= 4 is 11.6 Å². The van der Waals surface area contributed by atoms with Gasteiger partial charge in [0.25, 0.3) is 0 Å². The molecule has 0 radical (unpaired) electrons.